The van der Waals surface area contributed by atoms with E-state index >= 15 is 0 Å². The predicted molar refractivity (Wildman–Crippen MR) is 114 cm³/mol. The Hall–Kier alpha value is -2.33. The molecule has 1 amide bonds. The molecule has 4 heteroatoms. The Morgan fingerprint density at radius 3 is 2.59 bits per heavy atom. The lowest BCUT2D eigenvalue weighted by Gasteiger charge is -2.55. The first-order valence-electron chi connectivity index (χ1n) is 11.0. The molecule has 5 rings (SSSR count). The molecule has 0 saturated carbocycles. The van der Waals surface area contributed by atoms with Crippen molar-refractivity contribution in [2.24, 2.45) is 11.8 Å². The van der Waals surface area contributed by atoms with Crippen LogP contribution in [-0.4, -0.2) is 48.5 Å². The second kappa shape index (κ2) is 7.83. The fourth-order valence-electron chi connectivity index (χ4n) is 6.00. The highest BCUT2D eigenvalue weighted by Crippen LogP contribution is 2.44. The zero-order valence-corrected chi connectivity index (χ0v) is 17.2. The van der Waals surface area contributed by atoms with Gasteiger partial charge in [0.25, 0.3) is 5.91 Å². The maximum Gasteiger partial charge on any atom is 0.257 e. The number of hydrogen-bond donors (Lipinski definition) is 0. The van der Waals surface area contributed by atoms with Gasteiger partial charge in [-0.3, -0.25) is 9.69 Å². The Bertz CT molecular complexity index is 868. The summed E-state index contributed by atoms with van der Waals surface area (Å²) in [6.45, 7) is 2.84. The topological polar surface area (TPSA) is 32.8 Å². The Balaban J connectivity index is 1.36. The van der Waals surface area contributed by atoms with Gasteiger partial charge in [-0.2, -0.15) is 0 Å². The number of carbonyl (C=O) groups excluding carboxylic acids is 1. The van der Waals surface area contributed by atoms with Crippen LogP contribution in [0, 0.1) is 11.8 Å². The van der Waals surface area contributed by atoms with Crippen molar-refractivity contribution in [2.75, 3.05) is 26.7 Å². The molecule has 4 atom stereocenters. The van der Waals surface area contributed by atoms with E-state index in [-0.39, 0.29) is 5.91 Å². The zero-order chi connectivity index (χ0) is 19.8. The van der Waals surface area contributed by atoms with Gasteiger partial charge in [-0.1, -0.05) is 42.5 Å². The molecular formula is C25H30N2O2. The van der Waals surface area contributed by atoms with Crippen molar-refractivity contribution in [3.63, 3.8) is 0 Å². The van der Waals surface area contributed by atoms with Crippen LogP contribution < -0.4 is 4.74 Å². The molecule has 0 aliphatic carbocycles. The smallest absolute Gasteiger partial charge is 0.257 e. The fourth-order valence-corrected chi connectivity index (χ4v) is 6.00. The Morgan fingerprint density at radius 2 is 1.76 bits per heavy atom. The molecule has 152 valence electrons. The van der Waals surface area contributed by atoms with Gasteiger partial charge in [-0.25, -0.2) is 0 Å². The van der Waals surface area contributed by atoms with Crippen LogP contribution in [0.25, 0.3) is 0 Å². The lowest BCUT2D eigenvalue weighted by molar-refractivity contribution is -0.0511. The minimum Gasteiger partial charge on any atom is -0.496 e. The van der Waals surface area contributed by atoms with Crippen LogP contribution in [-0.2, 0) is 0 Å². The van der Waals surface area contributed by atoms with Gasteiger partial charge in [0.1, 0.15) is 5.75 Å². The first-order chi connectivity index (χ1) is 14.2. The molecule has 4 nitrogen and oxygen atoms in total. The van der Waals surface area contributed by atoms with Gasteiger partial charge < -0.3 is 9.64 Å². The minimum atomic E-state index is 0.126. The summed E-state index contributed by atoms with van der Waals surface area (Å²) >= 11 is 0. The Morgan fingerprint density at radius 1 is 0.966 bits per heavy atom. The number of benzene rings is 2. The average molecular weight is 391 g/mol. The minimum absolute atomic E-state index is 0.126. The lowest BCUT2D eigenvalue weighted by Crippen LogP contribution is -2.60. The molecule has 3 saturated heterocycles. The molecule has 0 radical (unpaired) electrons. The molecule has 3 aliphatic heterocycles. The maximum absolute atomic E-state index is 13.3. The van der Waals surface area contributed by atoms with E-state index < -0.39 is 0 Å². The van der Waals surface area contributed by atoms with Crippen molar-refractivity contribution in [2.45, 2.75) is 37.8 Å². The van der Waals surface area contributed by atoms with Crippen LogP contribution in [0.1, 0.15) is 47.6 Å². The molecule has 2 bridgehead atoms. The fraction of sp³-hybridized carbons (Fsp3) is 0.480. The van der Waals surface area contributed by atoms with E-state index in [1.54, 1.807) is 7.11 Å². The number of fused-ring (bicyclic) bond motifs is 4. The molecule has 3 heterocycles. The van der Waals surface area contributed by atoms with E-state index in [4.69, 9.17) is 4.74 Å². The van der Waals surface area contributed by atoms with E-state index in [9.17, 15) is 4.79 Å². The summed E-state index contributed by atoms with van der Waals surface area (Å²) in [7, 11) is 1.64. The largest absolute Gasteiger partial charge is 0.496 e. The Labute approximate surface area is 173 Å². The van der Waals surface area contributed by atoms with Crippen LogP contribution in [0.5, 0.6) is 5.75 Å². The normalized spacial score (nSPS) is 29.2. The van der Waals surface area contributed by atoms with E-state index in [1.165, 1.54) is 31.2 Å². The van der Waals surface area contributed by atoms with Crippen molar-refractivity contribution in [1.29, 1.82) is 0 Å². The summed E-state index contributed by atoms with van der Waals surface area (Å²) < 4.78 is 5.44. The summed E-state index contributed by atoms with van der Waals surface area (Å²) in [6.07, 6.45) is 5.06. The predicted octanol–water partition coefficient (Wildman–Crippen LogP) is 4.38. The molecule has 3 fully saturated rings. The standard InChI is InChI=1S/C25H30N2O2/c1-29-24-13-6-5-10-21(24)25(28)26-15-18-14-20(17-26)23-12-7-11-22(27(23)16-18)19-8-3-2-4-9-19/h2-6,8-10,13,18,20,22-23H,7,11-12,14-17H2,1H3/t18-,20+,22+,23-/m0/s1. The quantitative estimate of drug-likeness (QED) is 0.780. The van der Waals surface area contributed by atoms with Gasteiger partial charge in [-0.05, 0) is 55.2 Å². The van der Waals surface area contributed by atoms with Gasteiger partial charge in [0.05, 0.1) is 12.7 Å². The number of nitrogens with zero attached hydrogens (tertiary/aromatic N) is 2. The van der Waals surface area contributed by atoms with Crippen molar-refractivity contribution >= 4 is 5.91 Å². The third-order valence-corrected chi connectivity index (χ3v) is 7.20. The highest BCUT2D eigenvalue weighted by Gasteiger charge is 2.45. The van der Waals surface area contributed by atoms with E-state index in [2.05, 4.69) is 40.1 Å². The molecule has 29 heavy (non-hydrogen) atoms. The summed E-state index contributed by atoms with van der Waals surface area (Å²) in [5, 5.41) is 0. The van der Waals surface area contributed by atoms with Crippen LogP contribution in [0.2, 0.25) is 0 Å². The van der Waals surface area contributed by atoms with Crippen LogP contribution >= 0.6 is 0 Å². The summed E-state index contributed by atoms with van der Waals surface area (Å²) in [5.74, 6) is 1.94. The molecule has 2 aromatic rings. The number of carbonyl (C=O) groups is 1. The highest BCUT2D eigenvalue weighted by molar-refractivity contribution is 5.97. The molecule has 0 aromatic heterocycles. The number of piperidine rings is 3. The van der Waals surface area contributed by atoms with Crippen molar-refractivity contribution in [1.82, 2.24) is 9.80 Å². The van der Waals surface area contributed by atoms with Crippen molar-refractivity contribution < 1.29 is 9.53 Å². The van der Waals surface area contributed by atoms with E-state index in [1.807, 2.05) is 24.3 Å². The van der Waals surface area contributed by atoms with Crippen molar-refractivity contribution in [3.05, 3.63) is 65.7 Å². The zero-order valence-electron chi connectivity index (χ0n) is 17.2. The number of amides is 1. The van der Waals surface area contributed by atoms with Gasteiger partial charge in [0.2, 0.25) is 0 Å². The highest BCUT2D eigenvalue weighted by atomic mass is 16.5. The lowest BCUT2D eigenvalue weighted by atomic mass is 9.74. The van der Waals surface area contributed by atoms with Crippen LogP contribution in [0.4, 0.5) is 0 Å². The molecule has 0 N–H and O–H groups in total. The third kappa shape index (κ3) is 3.44. The number of likely N-dealkylation sites (tertiary alicyclic amines) is 1. The SMILES string of the molecule is COc1ccccc1C(=O)N1C[C@@H]2C[C@H](C1)[C@@H]1CCC[C@H](c3ccccc3)N1C2. The number of ether oxygens (including phenoxy) is 1. The average Bonchev–Trinajstić information content (AvgIpc) is 2.78. The summed E-state index contributed by atoms with van der Waals surface area (Å²) in [4.78, 5) is 18.2. The van der Waals surface area contributed by atoms with Gasteiger partial charge in [-0.15, -0.1) is 0 Å². The number of hydrogen-bond acceptors (Lipinski definition) is 3. The monoisotopic (exact) mass is 390 g/mol. The number of rotatable bonds is 3. The molecule has 2 aromatic carbocycles. The summed E-state index contributed by atoms with van der Waals surface area (Å²) in [5.41, 5.74) is 2.15. The number of para-hydroxylation sites is 1. The van der Waals surface area contributed by atoms with Crippen molar-refractivity contribution in [3.8, 4) is 5.75 Å². The summed E-state index contributed by atoms with van der Waals surface area (Å²) in [6, 6.07) is 19.8. The number of methoxy groups -OCH3 is 1. The first kappa shape index (κ1) is 18.7. The van der Waals surface area contributed by atoms with Gasteiger partial charge in [0.15, 0.2) is 0 Å². The van der Waals surface area contributed by atoms with Gasteiger partial charge >= 0.3 is 0 Å². The molecule has 0 spiro atoms. The second-order valence-electron chi connectivity index (χ2n) is 8.89. The molecule has 3 aliphatic rings. The maximum atomic E-state index is 13.3. The van der Waals surface area contributed by atoms with Gasteiger partial charge in [0, 0.05) is 31.7 Å². The Kier molecular flexibility index (Phi) is 5.04. The second-order valence-corrected chi connectivity index (χ2v) is 8.89. The van der Waals surface area contributed by atoms with Crippen LogP contribution in [0.3, 0.4) is 0 Å². The molecular weight excluding hydrogens is 360 g/mol. The third-order valence-electron chi connectivity index (χ3n) is 7.20. The molecule has 0 unspecified atom stereocenters. The first-order valence-corrected chi connectivity index (χ1v) is 11.0. The van der Waals surface area contributed by atoms with E-state index in [0.717, 1.165) is 19.6 Å². The van der Waals surface area contributed by atoms with E-state index in [0.29, 0.717) is 35.2 Å². The van der Waals surface area contributed by atoms with Crippen LogP contribution in [0.15, 0.2) is 54.6 Å².